The maximum Gasteiger partial charge on any atom is 0.0570 e. The third kappa shape index (κ3) is 1.70. The fourth-order valence-corrected chi connectivity index (χ4v) is 3.35. The lowest BCUT2D eigenvalue weighted by molar-refractivity contribution is 0.0342. The fourth-order valence-electron chi connectivity index (χ4n) is 3.35. The van der Waals surface area contributed by atoms with Crippen LogP contribution in [0.4, 0.5) is 0 Å². The number of nitrogens with zero attached hydrogens (tertiary/aromatic N) is 1. The van der Waals surface area contributed by atoms with E-state index in [0.29, 0.717) is 0 Å². The molecule has 3 aliphatic rings. The van der Waals surface area contributed by atoms with Gasteiger partial charge in [-0.05, 0) is 44.6 Å². The fraction of sp³-hybridized carbons (Fsp3) is 1.00. The third-order valence-electron chi connectivity index (χ3n) is 4.35. The summed E-state index contributed by atoms with van der Waals surface area (Å²) in [5.41, 5.74) is 0. The summed E-state index contributed by atoms with van der Waals surface area (Å²) in [5.74, 6) is 1.06. The lowest BCUT2D eigenvalue weighted by Gasteiger charge is -2.37. The molecular formula is C12H21NO. The van der Waals surface area contributed by atoms with Gasteiger partial charge in [0.2, 0.25) is 0 Å². The Kier molecular flexibility index (Phi) is 2.29. The second-order valence-electron chi connectivity index (χ2n) is 5.48. The summed E-state index contributed by atoms with van der Waals surface area (Å²) >= 11 is 0. The van der Waals surface area contributed by atoms with Crippen molar-refractivity contribution >= 4 is 0 Å². The standard InChI is InChI=1S/C12H21NO/c14-12-7-10-3-4-11(8-12)13(10)6-5-9-1-2-9/h9-12,14H,1-8H2. The van der Waals surface area contributed by atoms with Gasteiger partial charge in [0, 0.05) is 12.1 Å². The zero-order valence-corrected chi connectivity index (χ0v) is 8.86. The smallest absolute Gasteiger partial charge is 0.0570 e. The first kappa shape index (κ1) is 9.17. The van der Waals surface area contributed by atoms with E-state index >= 15 is 0 Å². The highest BCUT2D eigenvalue weighted by Crippen LogP contribution is 2.38. The van der Waals surface area contributed by atoms with E-state index in [0.717, 1.165) is 30.8 Å². The minimum atomic E-state index is 0.00433. The number of fused-ring (bicyclic) bond motifs is 2. The number of hydrogen-bond acceptors (Lipinski definition) is 2. The van der Waals surface area contributed by atoms with Gasteiger partial charge in [0.25, 0.3) is 0 Å². The van der Waals surface area contributed by atoms with E-state index in [1.807, 2.05) is 0 Å². The molecule has 0 spiro atoms. The van der Waals surface area contributed by atoms with E-state index in [2.05, 4.69) is 4.90 Å². The van der Waals surface area contributed by atoms with E-state index in [-0.39, 0.29) is 6.10 Å². The second kappa shape index (κ2) is 3.49. The van der Waals surface area contributed by atoms with Gasteiger partial charge in [0.05, 0.1) is 6.10 Å². The zero-order valence-electron chi connectivity index (χ0n) is 8.86. The highest BCUT2D eigenvalue weighted by atomic mass is 16.3. The Morgan fingerprint density at radius 2 is 1.64 bits per heavy atom. The van der Waals surface area contributed by atoms with Crippen molar-refractivity contribution in [3.05, 3.63) is 0 Å². The number of aliphatic hydroxyl groups excluding tert-OH is 1. The summed E-state index contributed by atoms with van der Waals surface area (Å²) in [6.45, 7) is 1.31. The summed E-state index contributed by atoms with van der Waals surface area (Å²) in [6.07, 6.45) is 9.15. The molecule has 0 aromatic carbocycles. The summed E-state index contributed by atoms with van der Waals surface area (Å²) < 4.78 is 0. The summed E-state index contributed by atoms with van der Waals surface area (Å²) in [6, 6.07) is 1.45. The highest BCUT2D eigenvalue weighted by molar-refractivity contribution is 4.95. The van der Waals surface area contributed by atoms with Gasteiger partial charge in [-0.1, -0.05) is 12.8 Å². The van der Waals surface area contributed by atoms with Gasteiger partial charge in [0.15, 0.2) is 0 Å². The molecule has 3 rings (SSSR count). The normalized spacial score (nSPS) is 43.1. The van der Waals surface area contributed by atoms with Crippen LogP contribution < -0.4 is 0 Å². The van der Waals surface area contributed by atoms with Crippen LogP contribution in [0.5, 0.6) is 0 Å². The first-order valence-electron chi connectivity index (χ1n) is 6.27. The Morgan fingerprint density at radius 1 is 1.00 bits per heavy atom. The maximum atomic E-state index is 9.67. The molecule has 2 heterocycles. The Balaban J connectivity index is 1.57. The predicted octanol–water partition coefficient (Wildman–Crippen LogP) is 1.77. The van der Waals surface area contributed by atoms with Crippen LogP contribution in [0.2, 0.25) is 0 Å². The predicted molar refractivity (Wildman–Crippen MR) is 56.1 cm³/mol. The second-order valence-corrected chi connectivity index (χ2v) is 5.48. The third-order valence-corrected chi connectivity index (χ3v) is 4.35. The number of hydrogen-bond donors (Lipinski definition) is 1. The van der Waals surface area contributed by atoms with Crippen LogP contribution in [0.3, 0.4) is 0 Å². The molecule has 1 N–H and O–H groups in total. The van der Waals surface area contributed by atoms with Crippen LogP contribution in [0.1, 0.15) is 44.9 Å². The Bertz CT molecular complexity index is 200. The summed E-state index contributed by atoms with van der Waals surface area (Å²) in [4.78, 5) is 2.70. The molecule has 2 saturated heterocycles. The van der Waals surface area contributed by atoms with Crippen molar-refractivity contribution in [2.24, 2.45) is 5.92 Å². The van der Waals surface area contributed by atoms with E-state index in [4.69, 9.17) is 0 Å². The zero-order chi connectivity index (χ0) is 9.54. The molecule has 0 amide bonds. The molecule has 1 aliphatic carbocycles. The molecule has 3 fully saturated rings. The molecule has 2 bridgehead atoms. The van der Waals surface area contributed by atoms with E-state index in [1.54, 1.807) is 0 Å². The lowest BCUT2D eigenvalue weighted by atomic mass is 9.99. The van der Waals surface area contributed by atoms with Crippen LogP contribution in [0.25, 0.3) is 0 Å². The van der Waals surface area contributed by atoms with Gasteiger partial charge in [-0.2, -0.15) is 0 Å². The number of aliphatic hydroxyl groups is 1. The molecule has 0 radical (unpaired) electrons. The van der Waals surface area contributed by atoms with Crippen molar-refractivity contribution in [1.82, 2.24) is 4.90 Å². The van der Waals surface area contributed by atoms with Crippen molar-refractivity contribution in [2.45, 2.75) is 63.1 Å². The molecule has 14 heavy (non-hydrogen) atoms. The first-order chi connectivity index (χ1) is 6.83. The Morgan fingerprint density at radius 3 is 2.21 bits per heavy atom. The number of rotatable bonds is 3. The van der Waals surface area contributed by atoms with Crippen molar-refractivity contribution in [2.75, 3.05) is 6.54 Å². The van der Waals surface area contributed by atoms with Gasteiger partial charge in [-0.3, -0.25) is 4.90 Å². The molecule has 0 aromatic heterocycles. The van der Waals surface area contributed by atoms with Crippen LogP contribution in [0.15, 0.2) is 0 Å². The molecule has 2 nitrogen and oxygen atoms in total. The van der Waals surface area contributed by atoms with E-state index < -0.39 is 0 Å². The summed E-state index contributed by atoms with van der Waals surface area (Å²) in [5, 5.41) is 9.67. The molecule has 2 aliphatic heterocycles. The van der Waals surface area contributed by atoms with Crippen LogP contribution >= 0.6 is 0 Å². The largest absolute Gasteiger partial charge is 0.393 e. The molecule has 80 valence electrons. The average Bonchev–Trinajstić information content (AvgIpc) is 2.92. The average molecular weight is 195 g/mol. The molecule has 0 aromatic rings. The van der Waals surface area contributed by atoms with Gasteiger partial charge < -0.3 is 5.11 Å². The van der Waals surface area contributed by atoms with Gasteiger partial charge in [-0.25, -0.2) is 0 Å². The van der Waals surface area contributed by atoms with Gasteiger partial charge >= 0.3 is 0 Å². The Hall–Kier alpha value is -0.0800. The quantitative estimate of drug-likeness (QED) is 0.742. The van der Waals surface area contributed by atoms with Gasteiger partial charge in [-0.15, -0.1) is 0 Å². The molecule has 2 atom stereocenters. The van der Waals surface area contributed by atoms with Crippen molar-refractivity contribution in [3.63, 3.8) is 0 Å². The summed E-state index contributed by atoms with van der Waals surface area (Å²) in [7, 11) is 0. The molecule has 2 unspecified atom stereocenters. The lowest BCUT2D eigenvalue weighted by Crippen LogP contribution is -2.45. The highest BCUT2D eigenvalue weighted by Gasteiger charge is 2.40. The van der Waals surface area contributed by atoms with E-state index in [1.165, 1.54) is 38.6 Å². The topological polar surface area (TPSA) is 23.5 Å². The Labute approximate surface area is 86.3 Å². The minimum absolute atomic E-state index is 0.00433. The SMILES string of the molecule is OC1CC2CCC(C1)N2CCC1CC1. The van der Waals surface area contributed by atoms with Crippen LogP contribution in [-0.2, 0) is 0 Å². The molecule has 1 saturated carbocycles. The number of piperidine rings is 1. The van der Waals surface area contributed by atoms with Gasteiger partial charge in [0.1, 0.15) is 0 Å². The molecule has 2 heteroatoms. The van der Waals surface area contributed by atoms with Crippen LogP contribution in [0, 0.1) is 5.92 Å². The van der Waals surface area contributed by atoms with Crippen molar-refractivity contribution in [3.8, 4) is 0 Å². The van der Waals surface area contributed by atoms with Crippen LogP contribution in [-0.4, -0.2) is 34.7 Å². The molecular weight excluding hydrogens is 174 g/mol. The van der Waals surface area contributed by atoms with Crippen molar-refractivity contribution < 1.29 is 5.11 Å². The first-order valence-corrected chi connectivity index (χ1v) is 6.27. The van der Waals surface area contributed by atoms with Crippen molar-refractivity contribution in [1.29, 1.82) is 0 Å². The maximum absolute atomic E-state index is 9.67. The minimum Gasteiger partial charge on any atom is -0.393 e. The monoisotopic (exact) mass is 195 g/mol. The van der Waals surface area contributed by atoms with E-state index in [9.17, 15) is 5.11 Å².